The number of halogens is 2. The van der Waals surface area contributed by atoms with Crippen LogP contribution in [0.25, 0.3) is 0 Å². The first kappa shape index (κ1) is 19.5. The molecule has 0 aliphatic carbocycles. The summed E-state index contributed by atoms with van der Waals surface area (Å²) in [6, 6.07) is 0. The lowest BCUT2D eigenvalue weighted by molar-refractivity contribution is -0.146. The predicted octanol–water partition coefficient (Wildman–Crippen LogP) is 2.75. The monoisotopic (exact) mass is 369 g/mol. The molecular formula is C16H21F2N5O3. The second-order valence-corrected chi connectivity index (χ2v) is 6.81. The van der Waals surface area contributed by atoms with Crippen LogP contribution < -0.4 is 5.32 Å². The van der Waals surface area contributed by atoms with Crippen molar-refractivity contribution in [3.63, 3.8) is 0 Å². The van der Waals surface area contributed by atoms with Gasteiger partial charge >= 0.3 is 5.97 Å². The van der Waals surface area contributed by atoms with Crippen LogP contribution in [0.2, 0.25) is 0 Å². The summed E-state index contributed by atoms with van der Waals surface area (Å²) in [4.78, 5) is 23.6. The molecule has 26 heavy (non-hydrogen) atoms. The number of amides is 1. The van der Waals surface area contributed by atoms with E-state index in [9.17, 15) is 23.5 Å². The molecule has 0 fully saturated rings. The van der Waals surface area contributed by atoms with E-state index < -0.39 is 29.5 Å². The molecule has 0 atom stereocenters. The largest absolute Gasteiger partial charge is 0.479 e. The second kappa shape index (κ2) is 7.22. The Bertz CT molecular complexity index is 811. The number of hydrogen-bond acceptors (Lipinski definition) is 4. The van der Waals surface area contributed by atoms with Crippen LogP contribution in [0.4, 0.5) is 14.5 Å². The lowest BCUT2D eigenvalue weighted by atomic mass is 10.1. The maximum Gasteiger partial charge on any atom is 0.331 e. The standard InChI is InChI=1S/C16H21F2N5O3/c1-9(2)7-22-12(13(17)18)11(6-19-22)14(24)21-10-5-20-23(8-10)16(3,4)15(25)26/h5-6,8-9,13H,7H2,1-4H3,(H,21,24)(H,25,26). The first-order valence-corrected chi connectivity index (χ1v) is 7.97. The number of hydrogen-bond donors (Lipinski definition) is 2. The van der Waals surface area contributed by atoms with E-state index in [1.165, 1.54) is 30.9 Å². The van der Waals surface area contributed by atoms with Crippen LogP contribution in [0.15, 0.2) is 18.6 Å². The van der Waals surface area contributed by atoms with Gasteiger partial charge in [-0.3, -0.25) is 14.2 Å². The number of nitrogens with one attached hydrogen (secondary N) is 1. The van der Waals surface area contributed by atoms with Gasteiger partial charge in [-0.2, -0.15) is 10.2 Å². The Hall–Kier alpha value is -2.78. The molecule has 0 aliphatic heterocycles. The number of carboxylic acid groups (broad SMARTS) is 1. The van der Waals surface area contributed by atoms with E-state index in [-0.39, 0.29) is 23.7 Å². The molecule has 0 spiro atoms. The molecule has 2 rings (SSSR count). The summed E-state index contributed by atoms with van der Waals surface area (Å²) < 4.78 is 29.1. The zero-order valence-electron chi connectivity index (χ0n) is 14.9. The minimum atomic E-state index is -2.86. The van der Waals surface area contributed by atoms with Crippen LogP contribution in [0.5, 0.6) is 0 Å². The lowest BCUT2D eigenvalue weighted by Crippen LogP contribution is -2.35. The van der Waals surface area contributed by atoms with Crippen molar-refractivity contribution >= 4 is 17.6 Å². The smallest absolute Gasteiger partial charge is 0.331 e. The molecule has 0 radical (unpaired) electrons. The summed E-state index contributed by atoms with van der Waals surface area (Å²) in [7, 11) is 0. The van der Waals surface area contributed by atoms with Crippen LogP contribution in [0.3, 0.4) is 0 Å². The summed E-state index contributed by atoms with van der Waals surface area (Å²) in [6.07, 6.45) is 0.825. The normalized spacial score (nSPS) is 12.0. The average molecular weight is 369 g/mol. The summed E-state index contributed by atoms with van der Waals surface area (Å²) in [6.45, 7) is 6.86. The fourth-order valence-electron chi connectivity index (χ4n) is 2.28. The first-order chi connectivity index (χ1) is 12.0. The highest BCUT2D eigenvalue weighted by molar-refractivity contribution is 6.04. The maximum absolute atomic E-state index is 13.4. The van der Waals surface area contributed by atoms with Crippen molar-refractivity contribution in [3.05, 3.63) is 29.8 Å². The third kappa shape index (κ3) is 3.89. The van der Waals surface area contributed by atoms with E-state index in [4.69, 9.17) is 0 Å². The first-order valence-electron chi connectivity index (χ1n) is 7.97. The summed E-state index contributed by atoms with van der Waals surface area (Å²) in [5, 5.41) is 19.4. The summed E-state index contributed by atoms with van der Waals surface area (Å²) in [5.74, 6) is -1.78. The fraction of sp³-hybridized carbons (Fsp3) is 0.500. The van der Waals surface area contributed by atoms with Crippen LogP contribution >= 0.6 is 0 Å². The highest BCUT2D eigenvalue weighted by Gasteiger charge is 2.31. The number of anilines is 1. The van der Waals surface area contributed by atoms with E-state index >= 15 is 0 Å². The molecule has 0 unspecified atom stereocenters. The predicted molar refractivity (Wildman–Crippen MR) is 89.2 cm³/mol. The highest BCUT2D eigenvalue weighted by Crippen LogP contribution is 2.25. The van der Waals surface area contributed by atoms with Crippen LogP contribution in [-0.2, 0) is 16.9 Å². The van der Waals surface area contributed by atoms with Crippen LogP contribution in [-0.4, -0.2) is 36.5 Å². The van der Waals surface area contributed by atoms with Gasteiger partial charge in [-0.1, -0.05) is 13.8 Å². The van der Waals surface area contributed by atoms with E-state index in [0.717, 1.165) is 10.9 Å². The fourth-order valence-corrected chi connectivity index (χ4v) is 2.28. The average Bonchev–Trinajstić information content (AvgIpc) is 3.13. The molecule has 0 saturated carbocycles. The van der Waals surface area contributed by atoms with Crippen molar-refractivity contribution in [1.29, 1.82) is 0 Å². The van der Waals surface area contributed by atoms with Gasteiger partial charge in [-0.15, -0.1) is 0 Å². The van der Waals surface area contributed by atoms with Crippen molar-refractivity contribution in [2.24, 2.45) is 5.92 Å². The Morgan fingerprint density at radius 2 is 1.92 bits per heavy atom. The minimum Gasteiger partial charge on any atom is -0.479 e. The molecule has 1 amide bonds. The zero-order chi connectivity index (χ0) is 19.6. The Morgan fingerprint density at radius 3 is 2.46 bits per heavy atom. The molecule has 2 N–H and O–H groups in total. The van der Waals surface area contributed by atoms with Gasteiger partial charge in [-0.25, -0.2) is 13.6 Å². The number of nitrogens with zero attached hydrogens (tertiary/aromatic N) is 4. The third-order valence-corrected chi connectivity index (χ3v) is 3.81. The highest BCUT2D eigenvalue weighted by atomic mass is 19.3. The maximum atomic E-state index is 13.4. The Balaban J connectivity index is 2.25. The van der Waals surface area contributed by atoms with Crippen molar-refractivity contribution in [3.8, 4) is 0 Å². The SMILES string of the molecule is CC(C)Cn1ncc(C(=O)Nc2cnn(C(C)(C)C(=O)O)c2)c1C(F)F. The summed E-state index contributed by atoms with van der Waals surface area (Å²) in [5.41, 5.74) is -1.80. The van der Waals surface area contributed by atoms with E-state index in [1.54, 1.807) is 0 Å². The topological polar surface area (TPSA) is 102 Å². The second-order valence-electron chi connectivity index (χ2n) is 6.81. The van der Waals surface area contributed by atoms with Gasteiger partial charge in [0, 0.05) is 12.7 Å². The molecule has 0 aliphatic rings. The van der Waals surface area contributed by atoms with Gasteiger partial charge in [0.05, 0.1) is 23.6 Å². The molecule has 2 aromatic rings. The molecule has 0 bridgehead atoms. The molecule has 8 nitrogen and oxygen atoms in total. The van der Waals surface area contributed by atoms with Gasteiger partial charge in [0.15, 0.2) is 5.54 Å². The van der Waals surface area contributed by atoms with Crippen LogP contribution in [0, 0.1) is 5.92 Å². The molecule has 2 heterocycles. The Labute approximate surface area is 148 Å². The van der Waals surface area contributed by atoms with Gasteiger partial charge in [0.1, 0.15) is 5.69 Å². The number of aromatic nitrogens is 4. The van der Waals surface area contributed by atoms with E-state index in [0.29, 0.717) is 0 Å². The number of alkyl halides is 2. The molecule has 2 aromatic heterocycles. The number of carbonyl (C=O) groups excluding carboxylic acids is 1. The minimum absolute atomic E-state index is 0.0831. The molecule has 0 aromatic carbocycles. The number of carbonyl (C=O) groups is 2. The van der Waals surface area contributed by atoms with Crippen molar-refractivity contribution < 1.29 is 23.5 Å². The van der Waals surface area contributed by atoms with Gasteiger partial charge < -0.3 is 10.4 Å². The zero-order valence-corrected chi connectivity index (χ0v) is 14.9. The number of rotatable bonds is 7. The van der Waals surface area contributed by atoms with Gasteiger partial charge in [0.25, 0.3) is 12.3 Å². The van der Waals surface area contributed by atoms with E-state index in [1.807, 2.05) is 13.8 Å². The number of aliphatic carboxylic acids is 1. The molecule has 142 valence electrons. The van der Waals surface area contributed by atoms with Gasteiger partial charge in [-0.05, 0) is 19.8 Å². The third-order valence-electron chi connectivity index (χ3n) is 3.81. The van der Waals surface area contributed by atoms with Gasteiger partial charge in [0.2, 0.25) is 0 Å². The molecular weight excluding hydrogens is 348 g/mol. The Morgan fingerprint density at radius 1 is 1.27 bits per heavy atom. The quantitative estimate of drug-likeness (QED) is 0.781. The molecule has 10 heteroatoms. The summed E-state index contributed by atoms with van der Waals surface area (Å²) >= 11 is 0. The van der Waals surface area contributed by atoms with Crippen molar-refractivity contribution in [2.75, 3.05) is 5.32 Å². The van der Waals surface area contributed by atoms with E-state index in [2.05, 4.69) is 15.5 Å². The lowest BCUT2D eigenvalue weighted by Gasteiger charge is -2.19. The Kier molecular flexibility index (Phi) is 5.43. The van der Waals surface area contributed by atoms with Crippen LogP contribution in [0.1, 0.15) is 50.2 Å². The molecule has 0 saturated heterocycles. The van der Waals surface area contributed by atoms with Crippen molar-refractivity contribution in [2.45, 2.75) is 46.2 Å². The van der Waals surface area contributed by atoms with Crippen molar-refractivity contribution in [1.82, 2.24) is 19.6 Å². The number of carboxylic acids is 1.